The molecule has 8 heteroatoms. The lowest BCUT2D eigenvalue weighted by atomic mass is 10.00. The van der Waals surface area contributed by atoms with Crippen molar-refractivity contribution in [2.24, 2.45) is 5.92 Å². The summed E-state index contributed by atoms with van der Waals surface area (Å²) in [5, 5.41) is 15.9. The Morgan fingerprint density at radius 1 is 1.22 bits per heavy atom. The minimum absolute atomic E-state index is 0.000578. The Hall–Kier alpha value is -1.96. The number of Topliss-reactive ketones (excluding diaryl/α,β-unsaturated/α-hetero) is 1. The van der Waals surface area contributed by atoms with Crippen molar-refractivity contribution in [2.45, 2.75) is 65.7 Å². The fourth-order valence-corrected chi connectivity index (χ4v) is 1.67. The van der Waals surface area contributed by atoms with Crippen LogP contribution in [0.25, 0.3) is 0 Å². The molecule has 1 aromatic rings. The van der Waals surface area contributed by atoms with Gasteiger partial charge in [0.1, 0.15) is 17.2 Å². The van der Waals surface area contributed by atoms with Crippen molar-refractivity contribution in [3.63, 3.8) is 0 Å². The SMILES string of the molecule is CC(C)C(NC(=O)OC(C)(C)C)C(=O)c1nc(C(C)(C)O)no1. The third-order valence-corrected chi connectivity index (χ3v) is 2.81. The summed E-state index contributed by atoms with van der Waals surface area (Å²) in [6, 6.07) is -0.875. The number of alkyl carbamates (subject to hydrolysis) is 1. The molecule has 0 aliphatic carbocycles. The van der Waals surface area contributed by atoms with Gasteiger partial charge in [-0.3, -0.25) is 4.79 Å². The highest BCUT2D eigenvalue weighted by Gasteiger charge is 2.33. The van der Waals surface area contributed by atoms with Crippen LogP contribution in [-0.2, 0) is 10.3 Å². The third-order valence-electron chi connectivity index (χ3n) is 2.81. The molecule has 0 fully saturated rings. The molecule has 1 aromatic heterocycles. The van der Waals surface area contributed by atoms with Crippen molar-refractivity contribution in [3.05, 3.63) is 11.7 Å². The molecule has 2 N–H and O–H groups in total. The van der Waals surface area contributed by atoms with Crippen LogP contribution < -0.4 is 5.32 Å². The van der Waals surface area contributed by atoms with Gasteiger partial charge < -0.3 is 19.7 Å². The van der Waals surface area contributed by atoms with Gasteiger partial charge in [-0.25, -0.2) is 4.79 Å². The van der Waals surface area contributed by atoms with Crippen molar-refractivity contribution < 1.29 is 24.0 Å². The number of amides is 1. The first-order chi connectivity index (χ1) is 10.3. The molecule has 1 heterocycles. The van der Waals surface area contributed by atoms with E-state index in [1.54, 1.807) is 34.6 Å². The van der Waals surface area contributed by atoms with Crippen LogP contribution in [-0.4, -0.2) is 38.8 Å². The first kappa shape index (κ1) is 19.1. The number of rotatable bonds is 5. The van der Waals surface area contributed by atoms with Gasteiger partial charge in [0.15, 0.2) is 0 Å². The average Bonchev–Trinajstić information content (AvgIpc) is 2.81. The molecule has 0 aromatic carbocycles. The molecule has 0 saturated heterocycles. The Labute approximate surface area is 135 Å². The van der Waals surface area contributed by atoms with Crippen LogP contribution in [0.3, 0.4) is 0 Å². The highest BCUT2D eigenvalue weighted by Crippen LogP contribution is 2.17. The second kappa shape index (κ2) is 6.66. The molecular weight excluding hydrogens is 302 g/mol. The molecular formula is C15H25N3O5. The molecule has 0 radical (unpaired) electrons. The Morgan fingerprint density at radius 2 is 1.78 bits per heavy atom. The van der Waals surface area contributed by atoms with Gasteiger partial charge in [-0.15, -0.1) is 0 Å². The van der Waals surface area contributed by atoms with Crippen LogP contribution in [0.2, 0.25) is 0 Å². The molecule has 0 spiro atoms. The van der Waals surface area contributed by atoms with Crippen LogP contribution in [0.5, 0.6) is 0 Å². The summed E-state index contributed by atoms with van der Waals surface area (Å²) >= 11 is 0. The van der Waals surface area contributed by atoms with Gasteiger partial charge in [0.25, 0.3) is 5.89 Å². The van der Waals surface area contributed by atoms with Crippen molar-refractivity contribution in [3.8, 4) is 0 Å². The van der Waals surface area contributed by atoms with Crippen molar-refractivity contribution >= 4 is 11.9 Å². The smallest absolute Gasteiger partial charge is 0.408 e. The van der Waals surface area contributed by atoms with E-state index >= 15 is 0 Å². The van der Waals surface area contributed by atoms with Crippen LogP contribution in [0.4, 0.5) is 4.79 Å². The largest absolute Gasteiger partial charge is 0.444 e. The van der Waals surface area contributed by atoms with Gasteiger partial charge in [0.2, 0.25) is 11.6 Å². The lowest BCUT2D eigenvalue weighted by molar-refractivity contribution is 0.0471. The quantitative estimate of drug-likeness (QED) is 0.795. The van der Waals surface area contributed by atoms with Gasteiger partial charge in [-0.2, -0.15) is 4.98 Å². The van der Waals surface area contributed by atoms with Crippen molar-refractivity contribution in [1.82, 2.24) is 15.5 Å². The Morgan fingerprint density at radius 3 is 2.17 bits per heavy atom. The zero-order valence-electron chi connectivity index (χ0n) is 14.6. The molecule has 1 rings (SSSR count). The maximum Gasteiger partial charge on any atom is 0.408 e. The second-order valence-corrected chi connectivity index (χ2v) is 7.21. The summed E-state index contributed by atoms with van der Waals surface area (Å²) in [5.74, 6) is -1.01. The fraction of sp³-hybridized carbons (Fsp3) is 0.733. The Bertz CT molecular complexity index is 566. The zero-order chi connectivity index (χ0) is 18.0. The van der Waals surface area contributed by atoms with E-state index in [-0.39, 0.29) is 17.6 Å². The molecule has 23 heavy (non-hydrogen) atoms. The molecule has 0 aliphatic heterocycles. The summed E-state index contributed by atoms with van der Waals surface area (Å²) in [4.78, 5) is 28.3. The second-order valence-electron chi connectivity index (χ2n) is 7.21. The van der Waals surface area contributed by atoms with E-state index in [1.807, 2.05) is 0 Å². The number of nitrogens with one attached hydrogen (secondary N) is 1. The number of carbonyl (C=O) groups is 2. The number of ether oxygens (including phenoxy) is 1. The van der Waals surface area contributed by atoms with E-state index in [0.29, 0.717) is 0 Å². The monoisotopic (exact) mass is 327 g/mol. The van der Waals surface area contributed by atoms with Crippen LogP contribution in [0.1, 0.15) is 65.0 Å². The molecule has 1 amide bonds. The van der Waals surface area contributed by atoms with Gasteiger partial charge in [-0.1, -0.05) is 19.0 Å². The first-order valence-electron chi connectivity index (χ1n) is 7.41. The minimum atomic E-state index is -1.33. The molecule has 0 bridgehead atoms. The predicted molar refractivity (Wildman–Crippen MR) is 81.9 cm³/mol. The Balaban J connectivity index is 2.91. The molecule has 1 unspecified atom stereocenters. The molecule has 1 atom stereocenters. The number of nitrogens with zero attached hydrogens (tertiary/aromatic N) is 2. The maximum atomic E-state index is 12.5. The molecule has 0 saturated carbocycles. The zero-order valence-corrected chi connectivity index (χ0v) is 14.6. The molecule has 0 aliphatic rings. The van der Waals surface area contributed by atoms with Gasteiger partial charge >= 0.3 is 6.09 Å². The predicted octanol–water partition coefficient (Wildman–Crippen LogP) is 2.03. The standard InChI is InChI=1S/C15H25N3O5/c1-8(2)9(16-13(20)22-14(3,4)5)10(19)11-17-12(18-23-11)15(6,7)21/h8-9,21H,1-7H3,(H,16,20). The lowest BCUT2D eigenvalue weighted by Crippen LogP contribution is -2.46. The summed E-state index contributed by atoms with van der Waals surface area (Å²) < 4.78 is 10.1. The number of hydrogen-bond acceptors (Lipinski definition) is 7. The molecule has 8 nitrogen and oxygen atoms in total. The summed E-state index contributed by atoms with van der Waals surface area (Å²) in [5.41, 5.74) is -2.00. The normalized spacial score (nSPS) is 13.8. The van der Waals surface area contributed by atoms with Crippen LogP contribution >= 0.6 is 0 Å². The third kappa shape index (κ3) is 5.63. The van der Waals surface area contributed by atoms with Gasteiger partial charge in [0.05, 0.1) is 0 Å². The van der Waals surface area contributed by atoms with E-state index < -0.39 is 29.1 Å². The topological polar surface area (TPSA) is 115 Å². The van der Waals surface area contributed by atoms with Gasteiger partial charge in [-0.05, 0) is 40.5 Å². The lowest BCUT2D eigenvalue weighted by Gasteiger charge is -2.24. The highest BCUT2D eigenvalue weighted by molar-refractivity contribution is 5.98. The average molecular weight is 327 g/mol. The van der Waals surface area contributed by atoms with E-state index in [2.05, 4.69) is 15.5 Å². The van der Waals surface area contributed by atoms with Crippen LogP contribution in [0, 0.1) is 5.92 Å². The number of aromatic nitrogens is 2. The highest BCUT2D eigenvalue weighted by atomic mass is 16.6. The molecule has 130 valence electrons. The minimum Gasteiger partial charge on any atom is -0.444 e. The Kier molecular flexibility index (Phi) is 5.52. The van der Waals surface area contributed by atoms with Gasteiger partial charge in [0, 0.05) is 0 Å². The van der Waals surface area contributed by atoms with Crippen molar-refractivity contribution in [2.75, 3.05) is 0 Å². The van der Waals surface area contributed by atoms with E-state index in [4.69, 9.17) is 9.26 Å². The number of carbonyl (C=O) groups excluding carboxylic acids is 2. The number of hydrogen-bond donors (Lipinski definition) is 2. The van der Waals surface area contributed by atoms with E-state index in [0.717, 1.165) is 0 Å². The number of aliphatic hydroxyl groups is 1. The summed E-state index contributed by atoms with van der Waals surface area (Å²) in [6.45, 7) is 11.7. The summed E-state index contributed by atoms with van der Waals surface area (Å²) in [7, 11) is 0. The van der Waals surface area contributed by atoms with Crippen molar-refractivity contribution in [1.29, 1.82) is 0 Å². The van der Waals surface area contributed by atoms with E-state index in [9.17, 15) is 14.7 Å². The summed E-state index contributed by atoms with van der Waals surface area (Å²) in [6.07, 6.45) is -0.702. The first-order valence-corrected chi connectivity index (χ1v) is 7.41. The number of ketones is 1. The maximum absolute atomic E-state index is 12.5. The van der Waals surface area contributed by atoms with E-state index in [1.165, 1.54) is 13.8 Å². The van der Waals surface area contributed by atoms with Crippen LogP contribution in [0.15, 0.2) is 4.52 Å². The fourth-order valence-electron chi connectivity index (χ4n) is 1.67.